The van der Waals surface area contributed by atoms with E-state index in [2.05, 4.69) is 5.10 Å². The molecule has 1 aromatic rings. The Morgan fingerprint density at radius 3 is 2.54 bits per heavy atom. The van der Waals surface area contributed by atoms with Gasteiger partial charge in [0.05, 0.1) is 30.4 Å². The molecule has 0 saturated heterocycles. The fourth-order valence-electron chi connectivity index (χ4n) is 3.05. The molecule has 134 valence electrons. The predicted octanol–water partition coefficient (Wildman–Crippen LogP) is 2.03. The van der Waals surface area contributed by atoms with Gasteiger partial charge in [-0.3, -0.25) is 9.59 Å². The number of aromatic nitrogens is 2. The molecule has 1 fully saturated rings. The number of esters is 1. The Hall–Kier alpha value is -1.69. The van der Waals surface area contributed by atoms with E-state index in [0.717, 1.165) is 5.69 Å². The van der Waals surface area contributed by atoms with Crippen LogP contribution in [-0.2, 0) is 21.5 Å². The maximum atomic E-state index is 12.1. The second-order valence-electron chi connectivity index (χ2n) is 7.72. The summed E-state index contributed by atoms with van der Waals surface area (Å²) < 4.78 is 6.40. The van der Waals surface area contributed by atoms with E-state index in [1.165, 1.54) is 10.7 Å². The minimum Gasteiger partial charge on any atom is -0.466 e. The van der Waals surface area contributed by atoms with Crippen molar-refractivity contribution in [3.63, 3.8) is 0 Å². The maximum absolute atomic E-state index is 12.1. The first-order valence-corrected chi connectivity index (χ1v) is 8.62. The van der Waals surface area contributed by atoms with E-state index < -0.39 is 5.60 Å². The monoisotopic (exact) mass is 336 g/mol. The molecule has 24 heavy (non-hydrogen) atoms. The average Bonchev–Trinajstić information content (AvgIpc) is 2.49. The third kappa shape index (κ3) is 4.44. The van der Waals surface area contributed by atoms with Crippen LogP contribution in [0, 0.1) is 5.92 Å². The van der Waals surface area contributed by atoms with Gasteiger partial charge in [0.1, 0.15) is 0 Å². The van der Waals surface area contributed by atoms with Gasteiger partial charge in [-0.15, -0.1) is 0 Å². The van der Waals surface area contributed by atoms with E-state index in [4.69, 9.17) is 4.74 Å². The highest BCUT2D eigenvalue weighted by Gasteiger charge is 2.37. The van der Waals surface area contributed by atoms with Gasteiger partial charge in [-0.2, -0.15) is 5.10 Å². The molecule has 6 nitrogen and oxygen atoms in total. The number of carbonyl (C=O) groups excluding carboxylic acids is 1. The molecule has 1 N–H and O–H groups in total. The zero-order chi connectivity index (χ0) is 18.0. The van der Waals surface area contributed by atoms with Gasteiger partial charge >= 0.3 is 5.97 Å². The Kier molecular flexibility index (Phi) is 5.48. The summed E-state index contributed by atoms with van der Waals surface area (Å²) in [4.78, 5) is 23.9. The van der Waals surface area contributed by atoms with Crippen LogP contribution in [0.5, 0.6) is 0 Å². The van der Waals surface area contributed by atoms with Gasteiger partial charge in [0.15, 0.2) is 0 Å². The first-order valence-electron chi connectivity index (χ1n) is 8.62. The van der Waals surface area contributed by atoms with Crippen molar-refractivity contribution >= 4 is 5.97 Å². The van der Waals surface area contributed by atoms with Crippen LogP contribution in [0.1, 0.15) is 59.1 Å². The van der Waals surface area contributed by atoms with Gasteiger partial charge in [-0.25, -0.2) is 4.68 Å². The smallest absolute Gasteiger partial charge is 0.308 e. The first kappa shape index (κ1) is 18.6. The quantitative estimate of drug-likeness (QED) is 0.851. The van der Waals surface area contributed by atoms with Gasteiger partial charge in [-0.05, 0) is 38.7 Å². The molecule has 1 heterocycles. The summed E-state index contributed by atoms with van der Waals surface area (Å²) >= 11 is 0. The van der Waals surface area contributed by atoms with Crippen LogP contribution in [-0.4, -0.2) is 33.1 Å². The molecule has 0 aromatic carbocycles. The lowest BCUT2D eigenvalue weighted by Crippen LogP contribution is -2.43. The van der Waals surface area contributed by atoms with Crippen molar-refractivity contribution in [3.8, 4) is 0 Å². The Morgan fingerprint density at radius 1 is 1.38 bits per heavy atom. The molecule has 0 bridgehead atoms. The number of ether oxygens (including phenoxy) is 1. The molecule has 1 aliphatic carbocycles. The topological polar surface area (TPSA) is 81.4 Å². The number of hydrogen-bond donors (Lipinski definition) is 1. The van der Waals surface area contributed by atoms with E-state index >= 15 is 0 Å². The van der Waals surface area contributed by atoms with Crippen LogP contribution in [0.4, 0.5) is 0 Å². The van der Waals surface area contributed by atoms with Crippen molar-refractivity contribution in [1.82, 2.24) is 9.78 Å². The van der Waals surface area contributed by atoms with Crippen molar-refractivity contribution in [2.75, 3.05) is 6.61 Å². The SMILES string of the molecule is CCOC(=O)C1CCC(O)(Cn2nc(C(C)(C)C)ccc2=O)CC1. The number of aliphatic hydroxyl groups is 1. The highest BCUT2D eigenvalue weighted by molar-refractivity contribution is 5.72. The molecule has 0 unspecified atom stereocenters. The highest BCUT2D eigenvalue weighted by Crippen LogP contribution is 2.33. The number of carbonyl (C=O) groups is 1. The third-order valence-corrected chi connectivity index (χ3v) is 4.62. The zero-order valence-electron chi connectivity index (χ0n) is 15.0. The molecule has 1 saturated carbocycles. The van der Waals surface area contributed by atoms with Gasteiger partial charge in [-0.1, -0.05) is 20.8 Å². The van der Waals surface area contributed by atoms with E-state index in [-0.39, 0.29) is 29.4 Å². The normalized spacial score (nSPS) is 24.6. The summed E-state index contributed by atoms with van der Waals surface area (Å²) in [6.45, 7) is 8.41. The van der Waals surface area contributed by atoms with Gasteiger partial charge in [0, 0.05) is 11.5 Å². The van der Waals surface area contributed by atoms with Crippen molar-refractivity contribution in [2.45, 2.75) is 70.9 Å². The Bertz CT molecular complexity index is 637. The van der Waals surface area contributed by atoms with Gasteiger partial charge < -0.3 is 9.84 Å². The molecule has 6 heteroatoms. The van der Waals surface area contributed by atoms with E-state index in [0.29, 0.717) is 32.3 Å². The van der Waals surface area contributed by atoms with E-state index in [9.17, 15) is 14.7 Å². The summed E-state index contributed by atoms with van der Waals surface area (Å²) in [5.74, 6) is -0.347. The van der Waals surface area contributed by atoms with E-state index in [1.807, 2.05) is 20.8 Å². The molecule has 0 amide bonds. The van der Waals surface area contributed by atoms with Crippen LogP contribution < -0.4 is 5.56 Å². The Morgan fingerprint density at radius 2 is 2.00 bits per heavy atom. The summed E-state index contributed by atoms with van der Waals surface area (Å²) in [5, 5.41) is 15.2. The second kappa shape index (κ2) is 7.05. The summed E-state index contributed by atoms with van der Waals surface area (Å²) in [6.07, 6.45) is 2.07. The fraction of sp³-hybridized carbons (Fsp3) is 0.722. The van der Waals surface area contributed by atoms with Crippen LogP contribution >= 0.6 is 0 Å². The van der Waals surface area contributed by atoms with Crippen molar-refractivity contribution < 1.29 is 14.6 Å². The van der Waals surface area contributed by atoms with Crippen LogP contribution in [0.25, 0.3) is 0 Å². The van der Waals surface area contributed by atoms with Crippen molar-refractivity contribution in [1.29, 1.82) is 0 Å². The molecular weight excluding hydrogens is 308 g/mol. The lowest BCUT2D eigenvalue weighted by Gasteiger charge is -2.35. The minimum absolute atomic E-state index is 0.157. The number of nitrogens with zero attached hydrogens (tertiary/aromatic N) is 2. The first-order chi connectivity index (χ1) is 11.1. The average molecular weight is 336 g/mol. The highest BCUT2D eigenvalue weighted by atomic mass is 16.5. The van der Waals surface area contributed by atoms with Crippen LogP contribution in [0.2, 0.25) is 0 Å². The molecule has 0 aliphatic heterocycles. The maximum Gasteiger partial charge on any atom is 0.308 e. The van der Waals surface area contributed by atoms with Crippen LogP contribution in [0.15, 0.2) is 16.9 Å². The molecule has 2 rings (SSSR count). The minimum atomic E-state index is -1.00. The van der Waals surface area contributed by atoms with Gasteiger partial charge in [0.2, 0.25) is 0 Å². The summed E-state index contributed by atoms with van der Waals surface area (Å²) in [5.41, 5.74) is -0.578. The number of hydrogen-bond acceptors (Lipinski definition) is 5. The predicted molar refractivity (Wildman–Crippen MR) is 90.7 cm³/mol. The second-order valence-corrected chi connectivity index (χ2v) is 7.72. The molecule has 0 radical (unpaired) electrons. The standard InChI is InChI=1S/C18H28N2O4/c1-5-24-16(22)13-8-10-18(23,11-9-13)12-20-15(21)7-6-14(19-20)17(2,3)4/h6-7,13,23H,5,8-12H2,1-4H3. The molecule has 1 aromatic heterocycles. The van der Waals surface area contributed by atoms with Crippen molar-refractivity contribution in [2.24, 2.45) is 5.92 Å². The third-order valence-electron chi connectivity index (χ3n) is 4.62. The molecule has 0 spiro atoms. The molecular formula is C18H28N2O4. The lowest BCUT2D eigenvalue weighted by molar-refractivity contribution is -0.151. The molecule has 1 aliphatic rings. The van der Waals surface area contributed by atoms with Crippen LogP contribution in [0.3, 0.4) is 0 Å². The fourth-order valence-corrected chi connectivity index (χ4v) is 3.05. The van der Waals surface area contributed by atoms with E-state index in [1.54, 1.807) is 13.0 Å². The molecule has 0 atom stereocenters. The summed E-state index contributed by atoms with van der Waals surface area (Å²) in [6, 6.07) is 3.24. The Balaban J connectivity index is 2.09. The van der Waals surface area contributed by atoms with Crippen molar-refractivity contribution in [3.05, 3.63) is 28.2 Å². The number of rotatable bonds is 4. The Labute approximate surface area is 142 Å². The van der Waals surface area contributed by atoms with Gasteiger partial charge in [0.25, 0.3) is 5.56 Å². The summed E-state index contributed by atoms with van der Waals surface area (Å²) in [7, 11) is 0. The lowest BCUT2D eigenvalue weighted by atomic mass is 9.79. The zero-order valence-corrected chi connectivity index (χ0v) is 15.0. The largest absolute Gasteiger partial charge is 0.466 e.